The van der Waals surface area contributed by atoms with Crippen LogP contribution in [0, 0.1) is 0 Å². The predicted molar refractivity (Wildman–Crippen MR) is 164 cm³/mol. The molecule has 0 saturated carbocycles. The van der Waals surface area contributed by atoms with Gasteiger partial charge in [0.05, 0.1) is 17.4 Å². The Kier molecular flexibility index (Phi) is 8.71. The van der Waals surface area contributed by atoms with Crippen LogP contribution < -0.4 is 11.1 Å². The lowest BCUT2D eigenvalue weighted by Gasteiger charge is -2.20. The number of unbranched alkanes of at least 4 members (excludes halogenated alkanes) is 1. The number of carbonyl (C=O) groups excluding carboxylic acids is 1. The highest BCUT2D eigenvalue weighted by atomic mass is 16.1. The summed E-state index contributed by atoms with van der Waals surface area (Å²) in [5, 5.41) is 4.13. The van der Waals surface area contributed by atoms with Crippen molar-refractivity contribution < 1.29 is 4.79 Å². The number of aryl methyl sites for hydroxylation is 1. The minimum Gasteiger partial charge on any atom is -0.382 e. The van der Waals surface area contributed by atoms with Crippen LogP contribution in [0.1, 0.15) is 53.1 Å². The Labute approximate surface area is 236 Å². The van der Waals surface area contributed by atoms with E-state index in [9.17, 15) is 4.79 Å². The number of carbonyl (C=O) groups is 1. The van der Waals surface area contributed by atoms with E-state index < -0.39 is 0 Å². The molecule has 0 aliphatic carbocycles. The topological polar surface area (TPSA) is 89.1 Å². The second-order valence-electron chi connectivity index (χ2n) is 10.6. The Hall–Kier alpha value is -4.23. The second kappa shape index (κ2) is 12.7. The Morgan fingerprint density at radius 1 is 0.925 bits per heavy atom. The molecule has 40 heavy (non-hydrogen) atoms. The van der Waals surface area contributed by atoms with Crippen LogP contribution in [-0.4, -0.2) is 52.5 Å². The molecule has 2 aromatic heterocycles. The smallest absolute Gasteiger partial charge is 0.251 e. The molecule has 7 heteroatoms. The Morgan fingerprint density at radius 3 is 2.42 bits per heavy atom. The first kappa shape index (κ1) is 27.3. The molecule has 3 aromatic carbocycles. The average molecular weight is 535 g/mol. The lowest BCUT2D eigenvalue weighted by Crippen LogP contribution is -2.24. The number of nitrogen functional groups attached to an aromatic ring is 1. The number of hydrogen-bond acceptors (Lipinski definition) is 5. The molecule has 3 N–H and O–H groups in total. The highest BCUT2D eigenvalue weighted by Gasteiger charge is 2.15. The Balaban J connectivity index is 1.16. The van der Waals surface area contributed by atoms with Crippen molar-refractivity contribution in [3.63, 3.8) is 0 Å². The predicted octanol–water partition coefficient (Wildman–Crippen LogP) is 5.85. The monoisotopic (exact) mass is 534 g/mol. The summed E-state index contributed by atoms with van der Waals surface area (Å²) >= 11 is 0. The maximum absolute atomic E-state index is 12.8. The third-order valence-electron chi connectivity index (χ3n) is 7.47. The number of rotatable bonds is 12. The van der Waals surface area contributed by atoms with E-state index in [1.807, 2.05) is 36.7 Å². The number of anilines is 1. The number of nitrogens with one attached hydrogen (secondary N) is 1. The van der Waals surface area contributed by atoms with Crippen LogP contribution in [0.2, 0.25) is 0 Å². The molecule has 1 amide bonds. The largest absolute Gasteiger partial charge is 0.382 e. The molecule has 2 heterocycles. The van der Waals surface area contributed by atoms with Crippen LogP contribution in [-0.2, 0) is 6.54 Å². The summed E-state index contributed by atoms with van der Waals surface area (Å²) in [6.07, 6.45) is 5.79. The Bertz CT molecular complexity index is 1560. The van der Waals surface area contributed by atoms with Crippen molar-refractivity contribution in [2.45, 2.75) is 38.1 Å². The summed E-state index contributed by atoms with van der Waals surface area (Å²) in [6, 6.07) is 26.8. The van der Waals surface area contributed by atoms with Crippen LogP contribution in [0.4, 0.5) is 5.82 Å². The molecule has 5 rings (SSSR count). The maximum Gasteiger partial charge on any atom is 0.251 e. The van der Waals surface area contributed by atoms with Crippen molar-refractivity contribution in [1.82, 2.24) is 24.8 Å². The van der Waals surface area contributed by atoms with Gasteiger partial charge in [-0.05, 0) is 75.6 Å². The molecule has 1 unspecified atom stereocenters. The van der Waals surface area contributed by atoms with E-state index in [-0.39, 0.29) is 5.91 Å². The van der Waals surface area contributed by atoms with Gasteiger partial charge in [-0.2, -0.15) is 0 Å². The molecule has 0 fully saturated rings. The fraction of sp³-hybridized carbons (Fsp3) is 0.303. The van der Waals surface area contributed by atoms with Crippen LogP contribution in [0.25, 0.3) is 21.9 Å². The molecular formula is C33H38N6O. The summed E-state index contributed by atoms with van der Waals surface area (Å²) in [7, 11) is 4.22. The first-order valence-electron chi connectivity index (χ1n) is 14.1. The van der Waals surface area contributed by atoms with Crippen LogP contribution in [0.5, 0.6) is 0 Å². The van der Waals surface area contributed by atoms with Crippen LogP contribution in [0.3, 0.4) is 0 Å². The number of para-hydroxylation sites is 1. The molecule has 0 aliphatic heterocycles. The molecule has 1 atom stereocenters. The zero-order chi connectivity index (χ0) is 27.9. The number of imidazole rings is 1. The van der Waals surface area contributed by atoms with Crippen molar-refractivity contribution in [3.8, 4) is 0 Å². The van der Waals surface area contributed by atoms with Crippen molar-refractivity contribution in [2.75, 3.05) is 32.9 Å². The lowest BCUT2D eigenvalue weighted by atomic mass is 9.87. The second-order valence-corrected chi connectivity index (χ2v) is 10.6. The van der Waals surface area contributed by atoms with Gasteiger partial charge in [0.15, 0.2) is 5.82 Å². The third-order valence-corrected chi connectivity index (χ3v) is 7.47. The zero-order valence-electron chi connectivity index (χ0n) is 23.4. The van der Waals surface area contributed by atoms with Crippen molar-refractivity contribution >= 4 is 33.7 Å². The van der Waals surface area contributed by atoms with E-state index in [1.165, 1.54) is 11.1 Å². The standard InChI is InChI=1S/C33H38N6O/c1-38(2)21-10-14-27(24-11-4-3-5-12-24)25-16-18-26(19-17-25)33(40)35-20-8-9-22-39-23-36-30-31(39)28-13-6-7-15-29(28)37-32(30)34/h3-7,11-13,15-19,23,27H,8-10,14,20-22H2,1-2H3,(H2,34,37)(H,35,40). The van der Waals surface area contributed by atoms with Gasteiger partial charge in [0, 0.05) is 30.0 Å². The van der Waals surface area contributed by atoms with Gasteiger partial charge in [-0.1, -0.05) is 60.7 Å². The third kappa shape index (κ3) is 6.32. The first-order chi connectivity index (χ1) is 19.5. The number of amides is 1. The summed E-state index contributed by atoms with van der Waals surface area (Å²) in [6.45, 7) is 2.47. The molecule has 0 radical (unpaired) electrons. The molecule has 0 spiro atoms. The van der Waals surface area contributed by atoms with Crippen molar-refractivity contribution in [1.29, 1.82) is 0 Å². The molecule has 0 saturated heterocycles. The molecule has 0 bridgehead atoms. The van der Waals surface area contributed by atoms with Crippen LogP contribution >= 0.6 is 0 Å². The van der Waals surface area contributed by atoms with Crippen molar-refractivity contribution in [3.05, 3.63) is 102 Å². The zero-order valence-corrected chi connectivity index (χ0v) is 23.4. The number of benzene rings is 3. The van der Waals surface area contributed by atoms with E-state index in [0.717, 1.165) is 60.7 Å². The van der Waals surface area contributed by atoms with E-state index in [1.54, 1.807) is 0 Å². The molecule has 5 aromatic rings. The molecular weight excluding hydrogens is 496 g/mol. The fourth-order valence-corrected chi connectivity index (χ4v) is 5.38. The number of fused-ring (bicyclic) bond motifs is 3. The molecule has 206 valence electrons. The normalized spacial score (nSPS) is 12.3. The van der Waals surface area contributed by atoms with E-state index in [4.69, 9.17) is 5.73 Å². The van der Waals surface area contributed by atoms with E-state index in [0.29, 0.717) is 23.8 Å². The van der Waals surface area contributed by atoms with Gasteiger partial charge in [-0.25, -0.2) is 9.97 Å². The quantitative estimate of drug-likeness (QED) is 0.196. The first-order valence-corrected chi connectivity index (χ1v) is 14.1. The van der Waals surface area contributed by atoms with E-state index in [2.05, 4.69) is 87.4 Å². The van der Waals surface area contributed by atoms with Crippen LogP contribution in [0.15, 0.2) is 85.2 Å². The lowest BCUT2D eigenvalue weighted by molar-refractivity contribution is 0.0953. The minimum absolute atomic E-state index is 0.0339. The summed E-state index contributed by atoms with van der Waals surface area (Å²) in [4.78, 5) is 24.0. The maximum atomic E-state index is 12.8. The molecule has 0 aliphatic rings. The summed E-state index contributed by atoms with van der Waals surface area (Å²) in [5.41, 5.74) is 12.0. The SMILES string of the molecule is CN(C)CCCC(c1ccccc1)c1ccc(C(=O)NCCCCn2cnc3c(N)nc4ccccc4c32)cc1. The van der Waals surface area contributed by atoms with Gasteiger partial charge >= 0.3 is 0 Å². The van der Waals surface area contributed by atoms with Gasteiger partial charge in [-0.3, -0.25) is 4.79 Å². The van der Waals surface area contributed by atoms with Crippen molar-refractivity contribution in [2.24, 2.45) is 0 Å². The summed E-state index contributed by atoms with van der Waals surface area (Å²) in [5.74, 6) is 0.739. The number of pyridine rings is 1. The van der Waals surface area contributed by atoms with Gasteiger partial charge < -0.3 is 20.5 Å². The summed E-state index contributed by atoms with van der Waals surface area (Å²) < 4.78 is 2.14. The number of nitrogens with zero attached hydrogens (tertiary/aromatic N) is 4. The number of nitrogens with two attached hydrogens (primary N) is 1. The van der Waals surface area contributed by atoms with Gasteiger partial charge in [0.2, 0.25) is 0 Å². The molecule has 7 nitrogen and oxygen atoms in total. The Morgan fingerprint density at radius 2 is 1.65 bits per heavy atom. The highest BCUT2D eigenvalue weighted by Crippen LogP contribution is 2.30. The number of hydrogen-bond donors (Lipinski definition) is 2. The van der Waals surface area contributed by atoms with E-state index >= 15 is 0 Å². The number of aromatic nitrogens is 3. The minimum atomic E-state index is -0.0339. The highest BCUT2D eigenvalue weighted by molar-refractivity contribution is 6.06. The average Bonchev–Trinajstić information content (AvgIpc) is 3.40. The van der Waals surface area contributed by atoms with Gasteiger partial charge in [-0.15, -0.1) is 0 Å². The fourth-order valence-electron chi connectivity index (χ4n) is 5.38. The van der Waals surface area contributed by atoms with Gasteiger partial charge in [0.1, 0.15) is 5.52 Å². The van der Waals surface area contributed by atoms with Gasteiger partial charge in [0.25, 0.3) is 5.91 Å².